The maximum absolute atomic E-state index is 4.45. The van der Waals surface area contributed by atoms with Crippen LogP contribution in [0.4, 0.5) is 5.82 Å². The summed E-state index contributed by atoms with van der Waals surface area (Å²) in [4.78, 5) is 8.89. The van der Waals surface area contributed by atoms with Crippen LogP contribution in [0.3, 0.4) is 0 Å². The van der Waals surface area contributed by atoms with E-state index in [0.717, 1.165) is 29.9 Å². The van der Waals surface area contributed by atoms with E-state index in [1.54, 1.807) is 0 Å². The SMILES string of the molecule is CC(Nc1nccc2c1ncn2C)C1CCCNC1. The molecule has 3 heterocycles. The predicted octanol–water partition coefficient (Wildman–Crippen LogP) is 1.77. The molecule has 102 valence electrons. The molecule has 0 bridgehead atoms. The molecule has 2 aromatic rings. The fourth-order valence-corrected chi connectivity index (χ4v) is 2.81. The summed E-state index contributed by atoms with van der Waals surface area (Å²) in [6, 6.07) is 2.41. The van der Waals surface area contributed by atoms with Crippen LogP contribution in [-0.2, 0) is 7.05 Å². The molecule has 1 aliphatic rings. The number of hydrogen-bond acceptors (Lipinski definition) is 4. The fourth-order valence-electron chi connectivity index (χ4n) is 2.81. The molecule has 2 aromatic heterocycles. The summed E-state index contributed by atoms with van der Waals surface area (Å²) < 4.78 is 2.02. The summed E-state index contributed by atoms with van der Waals surface area (Å²) in [7, 11) is 2.01. The number of piperidine rings is 1. The summed E-state index contributed by atoms with van der Waals surface area (Å²) in [6.45, 7) is 4.48. The quantitative estimate of drug-likeness (QED) is 0.882. The lowest BCUT2D eigenvalue weighted by molar-refractivity contribution is 0.347. The normalized spacial score (nSPS) is 21.5. The van der Waals surface area contributed by atoms with Crippen LogP contribution in [0.2, 0.25) is 0 Å². The molecule has 0 radical (unpaired) electrons. The molecule has 1 aliphatic heterocycles. The number of rotatable bonds is 3. The molecule has 2 atom stereocenters. The van der Waals surface area contributed by atoms with Gasteiger partial charge in [0, 0.05) is 19.3 Å². The van der Waals surface area contributed by atoms with Crippen molar-refractivity contribution in [1.82, 2.24) is 19.9 Å². The number of nitrogens with one attached hydrogen (secondary N) is 2. The molecule has 5 nitrogen and oxygen atoms in total. The minimum atomic E-state index is 0.410. The highest BCUT2D eigenvalue weighted by atomic mass is 15.1. The molecule has 1 fully saturated rings. The third-order valence-corrected chi connectivity index (χ3v) is 4.05. The Bertz CT molecular complexity index is 556. The second kappa shape index (κ2) is 5.17. The summed E-state index contributed by atoms with van der Waals surface area (Å²) in [6.07, 6.45) is 6.22. The van der Waals surface area contributed by atoms with Crippen LogP contribution >= 0.6 is 0 Å². The number of aryl methyl sites for hydroxylation is 1. The maximum Gasteiger partial charge on any atom is 0.154 e. The van der Waals surface area contributed by atoms with Crippen molar-refractivity contribution in [2.45, 2.75) is 25.8 Å². The lowest BCUT2D eigenvalue weighted by Crippen LogP contribution is -2.38. The van der Waals surface area contributed by atoms with Gasteiger partial charge in [0.15, 0.2) is 5.82 Å². The Balaban J connectivity index is 1.80. The monoisotopic (exact) mass is 259 g/mol. The molecule has 2 N–H and O–H groups in total. The van der Waals surface area contributed by atoms with E-state index in [0.29, 0.717) is 12.0 Å². The van der Waals surface area contributed by atoms with Gasteiger partial charge in [0.1, 0.15) is 5.52 Å². The van der Waals surface area contributed by atoms with Crippen molar-refractivity contribution >= 4 is 16.9 Å². The van der Waals surface area contributed by atoms with E-state index in [1.807, 2.05) is 30.2 Å². The van der Waals surface area contributed by atoms with Crippen molar-refractivity contribution in [3.63, 3.8) is 0 Å². The van der Waals surface area contributed by atoms with Gasteiger partial charge in [0.05, 0.1) is 11.8 Å². The first kappa shape index (κ1) is 12.4. The van der Waals surface area contributed by atoms with E-state index in [9.17, 15) is 0 Å². The highest BCUT2D eigenvalue weighted by Gasteiger charge is 2.20. The molecule has 1 saturated heterocycles. The van der Waals surface area contributed by atoms with Crippen molar-refractivity contribution in [1.29, 1.82) is 0 Å². The molecule has 0 saturated carbocycles. The maximum atomic E-state index is 4.45. The Hall–Kier alpha value is -1.62. The average Bonchev–Trinajstić information content (AvgIpc) is 2.83. The van der Waals surface area contributed by atoms with Gasteiger partial charge in [-0.05, 0) is 44.8 Å². The average molecular weight is 259 g/mol. The zero-order chi connectivity index (χ0) is 13.2. The van der Waals surface area contributed by atoms with Crippen LogP contribution in [-0.4, -0.2) is 33.7 Å². The molecule has 0 aromatic carbocycles. The van der Waals surface area contributed by atoms with Crippen LogP contribution in [0.1, 0.15) is 19.8 Å². The smallest absolute Gasteiger partial charge is 0.154 e. The molecule has 0 amide bonds. The van der Waals surface area contributed by atoms with Crippen LogP contribution < -0.4 is 10.6 Å². The molecule has 19 heavy (non-hydrogen) atoms. The summed E-state index contributed by atoms with van der Waals surface area (Å²) in [5.74, 6) is 1.56. The van der Waals surface area contributed by atoms with E-state index < -0.39 is 0 Å². The lowest BCUT2D eigenvalue weighted by Gasteiger charge is -2.29. The van der Waals surface area contributed by atoms with E-state index >= 15 is 0 Å². The van der Waals surface area contributed by atoms with Gasteiger partial charge < -0.3 is 15.2 Å². The van der Waals surface area contributed by atoms with E-state index in [1.165, 1.54) is 12.8 Å². The number of aromatic nitrogens is 3. The van der Waals surface area contributed by atoms with Crippen LogP contribution in [0.25, 0.3) is 11.0 Å². The van der Waals surface area contributed by atoms with Crippen molar-refractivity contribution < 1.29 is 0 Å². The standard InChI is InChI=1S/C14H21N5/c1-10(11-4-3-6-15-8-11)18-14-13-12(5-7-16-14)19(2)9-17-13/h5,7,9-11,15H,3-4,6,8H2,1-2H3,(H,16,18). The Morgan fingerprint density at radius 1 is 1.47 bits per heavy atom. The van der Waals surface area contributed by atoms with Crippen LogP contribution in [0, 0.1) is 5.92 Å². The Morgan fingerprint density at radius 2 is 2.37 bits per heavy atom. The number of fused-ring (bicyclic) bond motifs is 1. The van der Waals surface area contributed by atoms with Gasteiger partial charge in [-0.1, -0.05) is 0 Å². The number of anilines is 1. The predicted molar refractivity (Wildman–Crippen MR) is 77.2 cm³/mol. The van der Waals surface area contributed by atoms with Crippen molar-refractivity contribution in [3.8, 4) is 0 Å². The highest BCUT2D eigenvalue weighted by molar-refractivity contribution is 5.85. The Labute approximate surface area is 113 Å². The highest BCUT2D eigenvalue weighted by Crippen LogP contribution is 2.22. The molecular formula is C14H21N5. The van der Waals surface area contributed by atoms with E-state index in [4.69, 9.17) is 0 Å². The van der Waals surface area contributed by atoms with Crippen molar-refractivity contribution in [2.24, 2.45) is 13.0 Å². The third-order valence-electron chi connectivity index (χ3n) is 4.05. The third kappa shape index (κ3) is 2.42. The summed E-state index contributed by atoms with van der Waals surface area (Å²) >= 11 is 0. The van der Waals surface area contributed by atoms with Gasteiger partial charge in [-0.25, -0.2) is 9.97 Å². The lowest BCUT2D eigenvalue weighted by atomic mass is 9.93. The second-order valence-corrected chi connectivity index (χ2v) is 5.42. The number of imidazole rings is 1. The minimum Gasteiger partial charge on any atom is -0.365 e. The number of hydrogen-bond donors (Lipinski definition) is 2. The largest absolute Gasteiger partial charge is 0.365 e. The Kier molecular flexibility index (Phi) is 3.38. The number of nitrogens with zero attached hydrogens (tertiary/aromatic N) is 3. The van der Waals surface area contributed by atoms with Gasteiger partial charge in [-0.3, -0.25) is 0 Å². The first-order valence-electron chi connectivity index (χ1n) is 6.99. The molecule has 5 heteroatoms. The zero-order valence-corrected chi connectivity index (χ0v) is 11.6. The molecule has 2 unspecified atom stereocenters. The van der Waals surface area contributed by atoms with Gasteiger partial charge >= 0.3 is 0 Å². The van der Waals surface area contributed by atoms with Crippen molar-refractivity contribution in [2.75, 3.05) is 18.4 Å². The molecule has 3 rings (SSSR count). The summed E-state index contributed by atoms with van der Waals surface area (Å²) in [5.41, 5.74) is 2.08. The minimum absolute atomic E-state index is 0.410. The molecule has 0 spiro atoms. The topological polar surface area (TPSA) is 54.8 Å². The second-order valence-electron chi connectivity index (χ2n) is 5.42. The Morgan fingerprint density at radius 3 is 3.16 bits per heavy atom. The van der Waals surface area contributed by atoms with Gasteiger partial charge in [0.2, 0.25) is 0 Å². The number of pyridine rings is 1. The van der Waals surface area contributed by atoms with Crippen LogP contribution in [0.15, 0.2) is 18.6 Å². The van der Waals surface area contributed by atoms with Gasteiger partial charge in [-0.15, -0.1) is 0 Å². The van der Waals surface area contributed by atoms with Crippen LogP contribution in [0.5, 0.6) is 0 Å². The van der Waals surface area contributed by atoms with Gasteiger partial charge in [-0.2, -0.15) is 0 Å². The molecule has 0 aliphatic carbocycles. The molecular weight excluding hydrogens is 238 g/mol. The van der Waals surface area contributed by atoms with E-state index in [-0.39, 0.29) is 0 Å². The first-order valence-corrected chi connectivity index (χ1v) is 6.99. The fraction of sp³-hybridized carbons (Fsp3) is 0.571. The van der Waals surface area contributed by atoms with Gasteiger partial charge in [0.25, 0.3) is 0 Å². The van der Waals surface area contributed by atoms with Crippen molar-refractivity contribution in [3.05, 3.63) is 18.6 Å². The van der Waals surface area contributed by atoms with E-state index in [2.05, 4.69) is 27.5 Å². The zero-order valence-electron chi connectivity index (χ0n) is 11.6. The summed E-state index contributed by atoms with van der Waals surface area (Å²) in [5, 5.41) is 7.00. The first-order chi connectivity index (χ1) is 9.25.